The summed E-state index contributed by atoms with van der Waals surface area (Å²) in [6.07, 6.45) is 3.25. The third-order valence-electron chi connectivity index (χ3n) is 1.77. The van der Waals surface area contributed by atoms with Crippen molar-refractivity contribution in [2.75, 3.05) is 0 Å². The van der Waals surface area contributed by atoms with Crippen molar-refractivity contribution in [3.8, 4) is 0 Å². The van der Waals surface area contributed by atoms with Gasteiger partial charge in [0.25, 0.3) is 0 Å². The van der Waals surface area contributed by atoms with Crippen molar-refractivity contribution in [2.45, 2.75) is 25.8 Å². The van der Waals surface area contributed by atoms with Gasteiger partial charge in [-0.05, 0) is 25.3 Å². The van der Waals surface area contributed by atoms with Gasteiger partial charge in [-0.1, -0.05) is 11.6 Å². The van der Waals surface area contributed by atoms with Crippen LogP contribution in [0.2, 0.25) is 0 Å². The van der Waals surface area contributed by atoms with E-state index in [0.29, 0.717) is 0 Å². The van der Waals surface area contributed by atoms with Crippen molar-refractivity contribution >= 4 is 17.7 Å². The van der Waals surface area contributed by atoms with E-state index in [0.717, 1.165) is 23.4 Å². The molecule has 0 aromatic heterocycles. The molecule has 1 unspecified atom stereocenters. The Morgan fingerprint density at radius 1 is 1.80 bits per heavy atom. The quantitative estimate of drug-likeness (QED) is 0.423. The molecule has 2 nitrogen and oxygen atoms in total. The van der Waals surface area contributed by atoms with Crippen molar-refractivity contribution < 1.29 is 4.79 Å². The van der Waals surface area contributed by atoms with Gasteiger partial charge in [-0.2, -0.15) is 4.99 Å². The van der Waals surface area contributed by atoms with Crippen LogP contribution in [0.1, 0.15) is 19.8 Å². The molecule has 0 N–H and O–H groups in total. The van der Waals surface area contributed by atoms with E-state index in [4.69, 9.17) is 11.6 Å². The van der Waals surface area contributed by atoms with E-state index in [1.807, 2.05) is 6.92 Å². The van der Waals surface area contributed by atoms with Gasteiger partial charge >= 0.3 is 0 Å². The highest BCUT2D eigenvalue weighted by atomic mass is 35.5. The molecule has 0 aliphatic heterocycles. The smallest absolute Gasteiger partial charge is 0.211 e. The normalized spacial score (nSPS) is 24.8. The van der Waals surface area contributed by atoms with Crippen molar-refractivity contribution in [3.63, 3.8) is 0 Å². The number of hydrogen-bond donors (Lipinski definition) is 0. The van der Waals surface area contributed by atoms with Crippen LogP contribution in [-0.4, -0.2) is 12.1 Å². The van der Waals surface area contributed by atoms with E-state index >= 15 is 0 Å². The molecule has 0 spiro atoms. The van der Waals surface area contributed by atoms with Crippen LogP contribution in [0.5, 0.6) is 0 Å². The molecule has 0 saturated carbocycles. The van der Waals surface area contributed by atoms with Crippen LogP contribution in [0.3, 0.4) is 0 Å². The van der Waals surface area contributed by atoms with Crippen LogP contribution in [0.25, 0.3) is 0 Å². The van der Waals surface area contributed by atoms with Gasteiger partial charge in [-0.15, -0.1) is 0 Å². The van der Waals surface area contributed by atoms with Crippen molar-refractivity contribution in [1.82, 2.24) is 0 Å². The van der Waals surface area contributed by atoms with Crippen molar-refractivity contribution in [1.29, 1.82) is 0 Å². The van der Waals surface area contributed by atoms with Gasteiger partial charge < -0.3 is 0 Å². The molecule has 1 aliphatic rings. The molecule has 54 valence electrons. The molecular formula is C7H8ClNO. The van der Waals surface area contributed by atoms with Crippen LogP contribution >= 0.6 is 11.6 Å². The fraction of sp³-hybridized carbons (Fsp3) is 0.571. The first-order valence-electron chi connectivity index (χ1n) is 3.18. The van der Waals surface area contributed by atoms with E-state index in [2.05, 4.69) is 4.99 Å². The minimum atomic E-state index is 0.00463. The zero-order chi connectivity index (χ0) is 7.56. The fourth-order valence-electron chi connectivity index (χ4n) is 1.08. The minimum Gasteiger partial charge on any atom is -0.211 e. The highest BCUT2D eigenvalue weighted by Crippen LogP contribution is 2.30. The van der Waals surface area contributed by atoms with E-state index in [1.165, 1.54) is 0 Å². The maximum Gasteiger partial charge on any atom is 0.235 e. The summed E-state index contributed by atoms with van der Waals surface area (Å²) in [6.45, 7) is 1.90. The summed E-state index contributed by atoms with van der Waals surface area (Å²) in [4.78, 5) is 13.5. The monoisotopic (exact) mass is 157 g/mol. The Morgan fingerprint density at radius 3 is 2.90 bits per heavy atom. The average Bonchev–Trinajstić information content (AvgIpc) is 2.20. The first-order chi connectivity index (χ1) is 4.75. The van der Waals surface area contributed by atoms with Gasteiger partial charge in [0, 0.05) is 5.03 Å². The number of halogens is 1. The van der Waals surface area contributed by atoms with Gasteiger partial charge in [0.15, 0.2) is 0 Å². The predicted molar refractivity (Wildman–Crippen MR) is 39.7 cm³/mol. The van der Waals surface area contributed by atoms with Gasteiger partial charge in [-0.25, -0.2) is 4.79 Å². The first-order valence-corrected chi connectivity index (χ1v) is 3.55. The Morgan fingerprint density at radius 2 is 2.50 bits per heavy atom. The summed E-state index contributed by atoms with van der Waals surface area (Å²) in [5.74, 6) is 0. The van der Waals surface area contributed by atoms with Gasteiger partial charge in [0.2, 0.25) is 6.08 Å². The number of carbonyl (C=O) groups excluding carboxylic acids is 1. The summed E-state index contributed by atoms with van der Waals surface area (Å²) in [5, 5.41) is 0.851. The average molecular weight is 158 g/mol. The van der Waals surface area contributed by atoms with Crippen LogP contribution in [0.4, 0.5) is 0 Å². The largest absolute Gasteiger partial charge is 0.235 e. The first kappa shape index (κ1) is 7.52. The highest BCUT2D eigenvalue weighted by molar-refractivity contribution is 6.30. The van der Waals surface area contributed by atoms with Crippen LogP contribution < -0.4 is 0 Å². The number of hydrogen-bond acceptors (Lipinski definition) is 2. The third-order valence-corrected chi connectivity index (χ3v) is 2.26. The van der Waals surface area contributed by atoms with Crippen LogP contribution in [0.15, 0.2) is 15.6 Å². The van der Waals surface area contributed by atoms with E-state index < -0.39 is 0 Å². The lowest BCUT2D eigenvalue weighted by Gasteiger charge is -1.99. The summed E-state index contributed by atoms with van der Waals surface area (Å²) >= 11 is 5.78. The zero-order valence-electron chi connectivity index (χ0n) is 5.72. The molecule has 3 heteroatoms. The third kappa shape index (κ3) is 1.28. The lowest BCUT2D eigenvalue weighted by atomic mass is 10.2. The molecule has 0 saturated heterocycles. The van der Waals surface area contributed by atoms with E-state index in [1.54, 1.807) is 6.08 Å². The number of nitrogens with zero attached hydrogens (tertiary/aromatic N) is 1. The van der Waals surface area contributed by atoms with Crippen molar-refractivity contribution in [2.24, 2.45) is 4.99 Å². The minimum absolute atomic E-state index is 0.00463. The van der Waals surface area contributed by atoms with Crippen LogP contribution in [0, 0.1) is 0 Å². The summed E-state index contributed by atoms with van der Waals surface area (Å²) in [6, 6.07) is 0.00463. The second kappa shape index (κ2) is 3.00. The maximum absolute atomic E-state index is 9.86. The lowest BCUT2D eigenvalue weighted by molar-refractivity contribution is 0.559. The van der Waals surface area contributed by atoms with Gasteiger partial charge in [-0.3, -0.25) is 0 Å². The predicted octanol–water partition coefficient (Wildman–Crippen LogP) is 2.00. The lowest BCUT2D eigenvalue weighted by Crippen LogP contribution is -1.98. The molecule has 0 aromatic rings. The molecule has 0 aromatic carbocycles. The summed E-state index contributed by atoms with van der Waals surface area (Å²) in [5.41, 5.74) is 1.02. The van der Waals surface area contributed by atoms with Crippen molar-refractivity contribution in [3.05, 3.63) is 10.6 Å². The molecule has 0 bridgehead atoms. The summed E-state index contributed by atoms with van der Waals surface area (Å²) < 4.78 is 0. The molecule has 0 radical (unpaired) electrons. The number of isocyanates is 1. The molecule has 0 fully saturated rings. The molecule has 10 heavy (non-hydrogen) atoms. The maximum atomic E-state index is 9.86. The zero-order valence-corrected chi connectivity index (χ0v) is 6.48. The Balaban J connectivity index is 2.76. The second-order valence-corrected chi connectivity index (χ2v) is 2.82. The second-order valence-electron chi connectivity index (χ2n) is 2.36. The topological polar surface area (TPSA) is 29.4 Å². The Hall–Kier alpha value is -0.590. The highest BCUT2D eigenvalue weighted by Gasteiger charge is 2.19. The standard InChI is InChI=1S/C7H8ClNO/c1-5-6(8)2-3-7(5)9-4-10/h7H,2-3H2,1H3. The molecule has 0 amide bonds. The fourth-order valence-corrected chi connectivity index (χ4v) is 1.32. The number of allylic oxidation sites excluding steroid dienone is 1. The Labute approximate surface area is 64.6 Å². The molecular weight excluding hydrogens is 150 g/mol. The molecule has 1 rings (SSSR count). The number of aliphatic imine (C=N–C) groups is 1. The molecule has 1 aliphatic carbocycles. The van der Waals surface area contributed by atoms with Gasteiger partial charge in [0.05, 0.1) is 6.04 Å². The number of rotatable bonds is 1. The van der Waals surface area contributed by atoms with E-state index in [-0.39, 0.29) is 6.04 Å². The van der Waals surface area contributed by atoms with Gasteiger partial charge in [0.1, 0.15) is 0 Å². The van der Waals surface area contributed by atoms with E-state index in [9.17, 15) is 4.79 Å². The SMILES string of the molecule is CC1=C(Cl)CCC1N=C=O. The molecule has 0 heterocycles. The summed E-state index contributed by atoms with van der Waals surface area (Å²) in [7, 11) is 0. The van der Waals surface area contributed by atoms with Crippen LogP contribution in [-0.2, 0) is 4.79 Å². The Kier molecular flexibility index (Phi) is 2.25. The molecule has 1 atom stereocenters. The Bertz CT molecular complexity index is 216.